The Morgan fingerprint density at radius 3 is 2.95 bits per heavy atom. The third kappa shape index (κ3) is 3.42. The molecular formula is C15H24N2OS. The molecule has 2 heterocycles. The Bertz CT molecular complexity index is 405. The molecule has 4 heteroatoms. The topological polar surface area (TPSA) is 34.2 Å². The number of nitrogens with one attached hydrogen (secondary N) is 1. The molecule has 1 fully saturated rings. The highest BCUT2D eigenvalue weighted by molar-refractivity contribution is 8.00. The van der Waals surface area contributed by atoms with E-state index in [2.05, 4.69) is 42.0 Å². The molecule has 3 nitrogen and oxygen atoms in total. The maximum Gasteiger partial charge on any atom is 0.137 e. The van der Waals surface area contributed by atoms with E-state index in [9.17, 15) is 0 Å². The molecule has 0 saturated carbocycles. The summed E-state index contributed by atoms with van der Waals surface area (Å²) in [5, 5.41) is 3.63. The third-order valence-corrected chi connectivity index (χ3v) is 5.24. The lowest BCUT2D eigenvalue weighted by molar-refractivity contribution is 0.336. The lowest BCUT2D eigenvalue weighted by atomic mass is 9.91. The summed E-state index contributed by atoms with van der Waals surface area (Å²) in [6.45, 7) is 8.19. The molecule has 2 rings (SSSR count). The van der Waals surface area contributed by atoms with Crippen LogP contribution in [0.4, 0.5) is 0 Å². The maximum atomic E-state index is 5.57. The fraction of sp³-hybridized carbons (Fsp3) is 0.667. The van der Waals surface area contributed by atoms with Crippen molar-refractivity contribution in [3.8, 4) is 5.75 Å². The Morgan fingerprint density at radius 1 is 1.47 bits per heavy atom. The molecule has 0 aromatic carbocycles. The molecule has 0 spiro atoms. The fourth-order valence-corrected chi connectivity index (χ4v) is 4.19. The molecule has 1 aliphatic rings. The van der Waals surface area contributed by atoms with Gasteiger partial charge in [0.1, 0.15) is 5.75 Å². The summed E-state index contributed by atoms with van der Waals surface area (Å²) in [5.41, 5.74) is 1.24. The van der Waals surface area contributed by atoms with E-state index < -0.39 is 0 Å². The van der Waals surface area contributed by atoms with E-state index in [4.69, 9.17) is 4.74 Å². The average molecular weight is 280 g/mol. The van der Waals surface area contributed by atoms with Crippen molar-refractivity contribution in [1.29, 1.82) is 0 Å². The van der Waals surface area contributed by atoms with E-state index in [1.165, 1.54) is 24.2 Å². The second-order valence-electron chi connectivity index (χ2n) is 5.14. The maximum absolute atomic E-state index is 5.57. The quantitative estimate of drug-likeness (QED) is 0.866. The number of ether oxygens (including phenoxy) is 1. The summed E-state index contributed by atoms with van der Waals surface area (Å²) in [7, 11) is 0. The van der Waals surface area contributed by atoms with Crippen molar-refractivity contribution in [3.05, 3.63) is 24.0 Å². The number of rotatable bonds is 6. The van der Waals surface area contributed by atoms with E-state index >= 15 is 0 Å². The van der Waals surface area contributed by atoms with Gasteiger partial charge in [0.05, 0.1) is 12.8 Å². The standard InChI is InChI=1S/C15H24N2OS/c1-4-17-14(15(3)7-6-8-19-15)12-9-13(18-5-2)11-16-10-12/h9-11,14,17H,4-8H2,1-3H3. The number of nitrogens with zero attached hydrogens (tertiary/aromatic N) is 1. The molecule has 19 heavy (non-hydrogen) atoms. The Kier molecular flexibility index (Phi) is 5.11. The fourth-order valence-electron chi connectivity index (χ4n) is 2.76. The van der Waals surface area contributed by atoms with Crippen molar-refractivity contribution < 1.29 is 4.74 Å². The van der Waals surface area contributed by atoms with E-state index in [1.807, 2.05) is 13.1 Å². The van der Waals surface area contributed by atoms with Crippen molar-refractivity contribution >= 4 is 11.8 Å². The first-order chi connectivity index (χ1) is 9.19. The second-order valence-corrected chi connectivity index (χ2v) is 6.77. The number of hydrogen-bond donors (Lipinski definition) is 1. The third-order valence-electron chi connectivity index (χ3n) is 3.65. The van der Waals surface area contributed by atoms with Crippen LogP contribution in [-0.4, -0.2) is 28.6 Å². The van der Waals surface area contributed by atoms with Crippen LogP contribution in [0.3, 0.4) is 0 Å². The molecule has 0 aliphatic carbocycles. The van der Waals surface area contributed by atoms with E-state index in [1.54, 1.807) is 6.20 Å². The van der Waals surface area contributed by atoms with Gasteiger partial charge < -0.3 is 10.1 Å². The zero-order chi connectivity index (χ0) is 13.7. The monoisotopic (exact) mass is 280 g/mol. The molecule has 2 atom stereocenters. The van der Waals surface area contributed by atoms with Gasteiger partial charge in [-0.2, -0.15) is 11.8 Å². The van der Waals surface area contributed by atoms with Crippen LogP contribution in [0.1, 0.15) is 45.2 Å². The highest BCUT2D eigenvalue weighted by Crippen LogP contribution is 2.46. The van der Waals surface area contributed by atoms with Crippen LogP contribution in [-0.2, 0) is 0 Å². The van der Waals surface area contributed by atoms with Gasteiger partial charge in [-0.1, -0.05) is 6.92 Å². The lowest BCUT2D eigenvalue weighted by Gasteiger charge is -2.34. The van der Waals surface area contributed by atoms with Crippen LogP contribution in [0.15, 0.2) is 18.5 Å². The molecule has 1 aromatic rings. The molecule has 0 amide bonds. The minimum absolute atomic E-state index is 0.266. The normalized spacial score (nSPS) is 24.4. The molecular weight excluding hydrogens is 256 g/mol. The lowest BCUT2D eigenvalue weighted by Crippen LogP contribution is -2.37. The zero-order valence-electron chi connectivity index (χ0n) is 12.1. The summed E-state index contributed by atoms with van der Waals surface area (Å²) >= 11 is 2.08. The van der Waals surface area contributed by atoms with Gasteiger partial charge in [0.25, 0.3) is 0 Å². The Balaban J connectivity index is 2.25. The van der Waals surface area contributed by atoms with E-state index in [0.29, 0.717) is 12.6 Å². The molecule has 2 unspecified atom stereocenters. The Morgan fingerprint density at radius 2 is 2.32 bits per heavy atom. The summed E-state index contributed by atoms with van der Waals surface area (Å²) < 4.78 is 5.84. The van der Waals surface area contributed by atoms with Gasteiger partial charge in [0.2, 0.25) is 0 Å². The van der Waals surface area contributed by atoms with Gasteiger partial charge in [0, 0.05) is 17.0 Å². The van der Waals surface area contributed by atoms with Crippen LogP contribution in [0.2, 0.25) is 0 Å². The van der Waals surface area contributed by atoms with Crippen molar-refractivity contribution in [3.63, 3.8) is 0 Å². The van der Waals surface area contributed by atoms with Gasteiger partial charge in [0.15, 0.2) is 0 Å². The van der Waals surface area contributed by atoms with Crippen molar-refractivity contribution in [2.24, 2.45) is 0 Å². The number of thioether (sulfide) groups is 1. The summed E-state index contributed by atoms with van der Waals surface area (Å²) in [6.07, 6.45) is 6.33. The Hall–Kier alpha value is -0.740. The molecule has 1 N–H and O–H groups in total. The highest BCUT2D eigenvalue weighted by Gasteiger charge is 2.38. The first-order valence-electron chi connectivity index (χ1n) is 7.14. The van der Waals surface area contributed by atoms with Gasteiger partial charge in [-0.25, -0.2) is 0 Å². The predicted octanol–water partition coefficient (Wildman–Crippen LogP) is 3.42. The Labute approximate surface area is 120 Å². The van der Waals surface area contributed by atoms with Crippen LogP contribution in [0.25, 0.3) is 0 Å². The second kappa shape index (κ2) is 6.62. The van der Waals surface area contributed by atoms with Crippen LogP contribution in [0.5, 0.6) is 5.75 Å². The first-order valence-corrected chi connectivity index (χ1v) is 8.13. The number of hydrogen-bond acceptors (Lipinski definition) is 4. The molecule has 1 aromatic heterocycles. The molecule has 1 saturated heterocycles. The average Bonchev–Trinajstić information content (AvgIpc) is 2.84. The summed E-state index contributed by atoms with van der Waals surface area (Å²) in [5.74, 6) is 2.13. The number of pyridine rings is 1. The summed E-state index contributed by atoms with van der Waals surface area (Å²) in [6, 6.07) is 2.48. The van der Waals surface area contributed by atoms with Crippen molar-refractivity contribution in [2.45, 2.75) is 44.4 Å². The van der Waals surface area contributed by atoms with Gasteiger partial charge in [-0.3, -0.25) is 4.98 Å². The molecule has 0 radical (unpaired) electrons. The van der Waals surface area contributed by atoms with Crippen molar-refractivity contribution in [1.82, 2.24) is 10.3 Å². The first kappa shape index (κ1) is 14.7. The molecule has 1 aliphatic heterocycles. The van der Waals surface area contributed by atoms with Crippen molar-refractivity contribution in [2.75, 3.05) is 18.9 Å². The van der Waals surface area contributed by atoms with Crippen LogP contribution in [0, 0.1) is 0 Å². The van der Waals surface area contributed by atoms with E-state index in [-0.39, 0.29) is 4.75 Å². The largest absolute Gasteiger partial charge is 0.492 e. The van der Waals surface area contributed by atoms with E-state index in [0.717, 1.165) is 12.3 Å². The van der Waals surface area contributed by atoms with Gasteiger partial charge >= 0.3 is 0 Å². The molecule has 0 bridgehead atoms. The van der Waals surface area contributed by atoms with Crippen LogP contribution >= 0.6 is 11.8 Å². The number of aromatic nitrogens is 1. The SMILES string of the molecule is CCNC(c1cncc(OCC)c1)C1(C)CCCS1. The predicted molar refractivity (Wildman–Crippen MR) is 81.9 cm³/mol. The van der Waals surface area contributed by atoms with Gasteiger partial charge in [-0.15, -0.1) is 0 Å². The molecule has 106 valence electrons. The highest BCUT2D eigenvalue weighted by atomic mass is 32.2. The zero-order valence-corrected chi connectivity index (χ0v) is 12.9. The van der Waals surface area contributed by atoms with Crippen LogP contribution < -0.4 is 10.1 Å². The minimum atomic E-state index is 0.266. The minimum Gasteiger partial charge on any atom is -0.492 e. The van der Waals surface area contributed by atoms with Gasteiger partial charge in [-0.05, 0) is 50.6 Å². The smallest absolute Gasteiger partial charge is 0.137 e. The summed E-state index contributed by atoms with van der Waals surface area (Å²) in [4.78, 5) is 4.33.